The number of anilines is 2. The summed E-state index contributed by atoms with van der Waals surface area (Å²) in [7, 11) is 4.07. The second-order valence-electron chi connectivity index (χ2n) is 6.68. The average Bonchev–Trinajstić information content (AvgIpc) is 3.04. The third-order valence-corrected chi connectivity index (χ3v) is 4.84. The lowest BCUT2D eigenvalue weighted by atomic mass is 10.0. The molecule has 2 aromatic rings. The number of hydrogen-bond acceptors (Lipinski definition) is 3. The lowest BCUT2D eigenvalue weighted by molar-refractivity contribution is -0.118. The van der Waals surface area contributed by atoms with Crippen molar-refractivity contribution in [1.82, 2.24) is 5.32 Å². The summed E-state index contributed by atoms with van der Waals surface area (Å²) in [4.78, 5) is 16.3. The van der Waals surface area contributed by atoms with Crippen molar-refractivity contribution in [2.24, 2.45) is 0 Å². The second-order valence-corrected chi connectivity index (χ2v) is 6.68. The highest BCUT2D eigenvalue weighted by molar-refractivity contribution is 5.90. The van der Waals surface area contributed by atoms with Gasteiger partial charge in [0.05, 0.1) is 6.54 Å². The van der Waals surface area contributed by atoms with Gasteiger partial charge in [-0.05, 0) is 35.4 Å². The van der Waals surface area contributed by atoms with Crippen LogP contribution in [-0.4, -0.2) is 32.2 Å². The molecule has 0 saturated carbocycles. The molecule has 0 bridgehead atoms. The average molecular weight is 319 g/mol. The number of rotatable bonds is 3. The quantitative estimate of drug-likeness (QED) is 0.945. The van der Waals surface area contributed by atoms with Crippen LogP contribution >= 0.6 is 0 Å². The lowest BCUT2D eigenvalue weighted by Crippen LogP contribution is -2.48. The molecule has 4 heteroatoms. The summed E-state index contributed by atoms with van der Waals surface area (Å²) in [6, 6.07) is 16.7. The molecule has 1 fully saturated rings. The summed E-state index contributed by atoms with van der Waals surface area (Å²) in [6.45, 7) is 0.418. The predicted octanol–water partition coefficient (Wildman–Crippen LogP) is 2.65. The van der Waals surface area contributed by atoms with Crippen LogP contribution in [0.1, 0.15) is 11.1 Å². The Hall–Kier alpha value is -2.75. The lowest BCUT2D eigenvalue weighted by Gasteiger charge is -2.29. The van der Waals surface area contributed by atoms with Crippen LogP contribution in [0.5, 0.6) is 0 Å². The molecule has 2 aliphatic heterocycles. The molecule has 1 unspecified atom stereocenters. The van der Waals surface area contributed by atoms with Crippen LogP contribution < -0.4 is 15.1 Å². The van der Waals surface area contributed by atoms with Crippen LogP contribution in [0.15, 0.2) is 54.6 Å². The van der Waals surface area contributed by atoms with E-state index in [9.17, 15) is 4.79 Å². The minimum absolute atomic E-state index is 0.0807. The molecule has 1 N–H and O–H groups in total. The summed E-state index contributed by atoms with van der Waals surface area (Å²) in [5, 5.41) is 3.17. The molecular formula is C20H21N3O. The number of carbonyl (C=O) groups excluding carboxylic acids is 1. The Morgan fingerprint density at radius 1 is 1.12 bits per heavy atom. The summed E-state index contributed by atoms with van der Waals surface area (Å²) in [5.74, 6) is 0.0807. The Kier molecular flexibility index (Phi) is 3.34. The van der Waals surface area contributed by atoms with Gasteiger partial charge in [0.25, 0.3) is 0 Å². The SMILES string of the molecule is CN(C)c1ccc(/C=C/C23Cc4ccccc4N2CC(=O)N3)cc1. The molecule has 2 aromatic carbocycles. The summed E-state index contributed by atoms with van der Waals surface area (Å²) in [5.41, 5.74) is 4.32. The number of amides is 1. The zero-order valence-corrected chi connectivity index (χ0v) is 14.0. The van der Waals surface area contributed by atoms with E-state index in [1.54, 1.807) is 0 Å². The number of carbonyl (C=O) groups is 1. The first-order chi connectivity index (χ1) is 11.6. The number of para-hydroxylation sites is 1. The van der Waals surface area contributed by atoms with Gasteiger partial charge in [0.1, 0.15) is 5.66 Å². The fourth-order valence-corrected chi connectivity index (χ4v) is 3.60. The Morgan fingerprint density at radius 2 is 1.88 bits per heavy atom. The maximum absolute atomic E-state index is 12.0. The van der Waals surface area contributed by atoms with E-state index in [1.807, 2.05) is 20.2 Å². The molecule has 1 amide bonds. The van der Waals surface area contributed by atoms with Crippen molar-refractivity contribution in [3.05, 3.63) is 65.7 Å². The minimum Gasteiger partial charge on any atom is -0.378 e. The summed E-state index contributed by atoms with van der Waals surface area (Å²) >= 11 is 0. The number of nitrogens with zero attached hydrogens (tertiary/aromatic N) is 2. The van der Waals surface area contributed by atoms with Gasteiger partial charge in [0.2, 0.25) is 5.91 Å². The first-order valence-electron chi connectivity index (χ1n) is 8.21. The molecule has 1 atom stereocenters. The molecule has 0 spiro atoms. The topological polar surface area (TPSA) is 35.6 Å². The van der Waals surface area contributed by atoms with Crippen LogP contribution in [-0.2, 0) is 11.2 Å². The Bertz CT molecular complexity index is 810. The van der Waals surface area contributed by atoms with E-state index in [2.05, 4.69) is 69.7 Å². The first-order valence-corrected chi connectivity index (χ1v) is 8.21. The molecule has 122 valence electrons. The zero-order valence-electron chi connectivity index (χ0n) is 14.0. The highest BCUT2D eigenvalue weighted by Gasteiger charge is 2.48. The molecule has 4 rings (SSSR count). The number of benzene rings is 2. The van der Waals surface area contributed by atoms with E-state index in [0.29, 0.717) is 6.54 Å². The largest absolute Gasteiger partial charge is 0.378 e. The molecule has 0 radical (unpaired) electrons. The van der Waals surface area contributed by atoms with Crippen molar-refractivity contribution in [1.29, 1.82) is 0 Å². The van der Waals surface area contributed by atoms with Crippen LogP contribution in [0.25, 0.3) is 6.08 Å². The van der Waals surface area contributed by atoms with E-state index < -0.39 is 5.66 Å². The van der Waals surface area contributed by atoms with Crippen molar-refractivity contribution in [2.75, 3.05) is 30.4 Å². The van der Waals surface area contributed by atoms with Crippen molar-refractivity contribution in [3.8, 4) is 0 Å². The number of nitrogens with one attached hydrogen (secondary N) is 1. The van der Waals surface area contributed by atoms with Crippen molar-refractivity contribution in [3.63, 3.8) is 0 Å². The van der Waals surface area contributed by atoms with E-state index >= 15 is 0 Å². The molecule has 2 heterocycles. The third kappa shape index (κ3) is 2.35. The first kappa shape index (κ1) is 14.8. The fraction of sp³-hybridized carbons (Fsp3) is 0.250. The zero-order chi connectivity index (χ0) is 16.7. The Labute approximate surface area is 142 Å². The van der Waals surface area contributed by atoms with Crippen LogP contribution in [0.2, 0.25) is 0 Å². The van der Waals surface area contributed by atoms with Gasteiger partial charge in [-0.25, -0.2) is 0 Å². The van der Waals surface area contributed by atoms with E-state index in [4.69, 9.17) is 0 Å². The number of fused-ring (bicyclic) bond motifs is 3. The van der Waals surface area contributed by atoms with Crippen molar-refractivity contribution < 1.29 is 4.79 Å². The molecule has 0 aliphatic carbocycles. The predicted molar refractivity (Wildman–Crippen MR) is 98.2 cm³/mol. The van der Waals surface area contributed by atoms with Gasteiger partial charge in [-0.2, -0.15) is 0 Å². The van der Waals surface area contributed by atoms with Crippen LogP contribution in [0.3, 0.4) is 0 Å². The maximum Gasteiger partial charge on any atom is 0.241 e. The number of hydrogen-bond donors (Lipinski definition) is 1. The minimum atomic E-state index is -0.430. The maximum atomic E-state index is 12.0. The fourth-order valence-electron chi connectivity index (χ4n) is 3.60. The molecular weight excluding hydrogens is 298 g/mol. The van der Waals surface area contributed by atoms with Gasteiger partial charge < -0.3 is 15.1 Å². The van der Waals surface area contributed by atoms with E-state index in [1.165, 1.54) is 11.3 Å². The van der Waals surface area contributed by atoms with Crippen LogP contribution in [0, 0.1) is 0 Å². The highest BCUT2D eigenvalue weighted by atomic mass is 16.2. The molecule has 2 aliphatic rings. The second kappa shape index (κ2) is 5.41. The van der Waals surface area contributed by atoms with Gasteiger partial charge in [0, 0.05) is 31.9 Å². The normalized spacial score (nSPS) is 21.8. The molecule has 0 aromatic heterocycles. The summed E-state index contributed by atoms with van der Waals surface area (Å²) < 4.78 is 0. The van der Waals surface area contributed by atoms with Gasteiger partial charge in [0.15, 0.2) is 0 Å². The van der Waals surface area contributed by atoms with Crippen molar-refractivity contribution in [2.45, 2.75) is 12.1 Å². The van der Waals surface area contributed by atoms with Gasteiger partial charge >= 0.3 is 0 Å². The Balaban J connectivity index is 1.64. The monoisotopic (exact) mass is 319 g/mol. The van der Waals surface area contributed by atoms with E-state index in [0.717, 1.165) is 17.7 Å². The van der Waals surface area contributed by atoms with Gasteiger partial charge in [-0.3, -0.25) is 4.79 Å². The van der Waals surface area contributed by atoms with E-state index in [-0.39, 0.29) is 5.91 Å². The molecule has 1 saturated heterocycles. The van der Waals surface area contributed by atoms with Crippen molar-refractivity contribution >= 4 is 23.4 Å². The molecule has 24 heavy (non-hydrogen) atoms. The highest BCUT2D eigenvalue weighted by Crippen LogP contribution is 2.40. The summed E-state index contributed by atoms with van der Waals surface area (Å²) in [6.07, 6.45) is 5.04. The smallest absolute Gasteiger partial charge is 0.241 e. The van der Waals surface area contributed by atoms with Gasteiger partial charge in [-0.15, -0.1) is 0 Å². The van der Waals surface area contributed by atoms with Gasteiger partial charge in [-0.1, -0.05) is 36.4 Å². The van der Waals surface area contributed by atoms with Crippen LogP contribution in [0.4, 0.5) is 11.4 Å². The third-order valence-electron chi connectivity index (χ3n) is 4.84. The Morgan fingerprint density at radius 3 is 2.62 bits per heavy atom. The molecule has 4 nitrogen and oxygen atoms in total. The standard InChI is InChI=1S/C20H21N3O/c1-22(2)17-9-7-15(8-10-17)11-12-20-13-16-5-3-4-6-18(16)23(20)14-19(24)21-20/h3-12H,13-14H2,1-2H3,(H,21,24)/b12-11+.